The summed E-state index contributed by atoms with van der Waals surface area (Å²) in [5, 5.41) is 2.75. The first-order chi connectivity index (χ1) is 13.1. The van der Waals surface area contributed by atoms with Gasteiger partial charge in [-0.3, -0.25) is 4.90 Å². The highest BCUT2D eigenvalue weighted by atomic mass is 35.5. The topological polar surface area (TPSA) is 37.4 Å². The number of hydrogen-bond acceptors (Lipinski definition) is 3. The minimum Gasteiger partial charge on any atom is -0.340 e. The Balaban J connectivity index is 0.00000150. The second-order valence-electron chi connectivity index (χ2n) is 8.31. The Morgan fingerprint density at radius 3 is 2.55 bits per heavy atom. The van der Waals surface area contributed by atoms with E-state index in [0.717, 1.165) is 45.6 Å². The molecule has 0 saturated carbocycles. The Bertz CT molecular complexity index is 922. The maximum Gasteiger partial charge on any atom is 0.0491 e. The minimum absolute atomic E-state index is 0. The lowest BCUT2D eigenvalue weighted by Gasteiger charge is -2.30. The number of para-hydroxylation sites is 1. The number of fused-ring (bicyclic) bond motifs is 3. The molecule has 2 aromatic carbocycles. The van der Waals surface area contributed by atoms with Gasteiger partial charge in [0.15, 0.2) is 0 Å². The van der Waals surface area contributed by atoms with Gasteiger partial charge in [-0.2, -0.15) is 0 Å². The van der Waals surface area contributed by atoms with Crippen LogP contribution in [0, 0.1) is 0 Å². The molecule has 0 aliphatic carbocycles. The van der Waals surface area contributed by atoms with Crippen LogP contribution in [0.1, 0.15) is 24.8 Å². The molecule has 0 spiro atoms. The number of likely N-dealkylation sites (tertiary alicyclic amines) is 1. The molecule has 1 aromatic heterocycles. The van der Waals surface area contributed by atoms with Crippen LogP contribution in [-0.4, -0.2) is 54.1 Å². The average molecular weight is 437 g/mol. The highest BCUT2D eigenvalue weighted by Gasteiger charge is 2.17. The summed E-state index contributed by atoms with van der Waals surface area (Å²) in [6.07, 6.45) is 3.54. The molecule has 3 aromatic rings. The fourth-order valence-corrected chi connectivity index (χ4v) is 4.48. The Hall–Kier alpha value is -1.30. The zero-order valence-electron chi connectivity index (χ0n) is 17.5. The SMILES string of the molecule is CN(C)CCCn1c2ccccc2c2cc(CN3CCCC(N)C3)ccc21.Cl.Cl. The monoisotopic (exact) mass is 436 g/mol. The zero-order valence-corrected chi connectivity index (χ0v) is 19.1. The molecule has 2 heterocycles. The van der Waals surface area contributed by atoms with E-state index < -0.39 is 0 Å². The molecule has 1 atom stereocenters. The Kier molecular flexibility index (Phi) is 8.80. The van der Waals surface area contributed by atoms with E-state index in [-0.39, 0.29) is 24.8 Å². The largest absolute Gasteiger partial charge is 0.340 e. The Morgan fingerprint density at radius 2 is 1.79 bits per heavy atom. The first-order valence-electron chi connectivity index (χ1n) is 10.2. The summed E-state index contributed by atoms with van der Waals surface area (Å²) in [7, 11) is 4.29. The summed E-state index contributed by atoms with van der Waals surface area (Å²) < 4.78 is 2.49. The van der Waals surface area contributed by atoms with Crippen molar-refractivity contribution in [2.75, 3.05) is 33.7 Å². The minimum atomic E-state index is 0. The zero-order chi connectivity index (χ0) is 18.8. The number of nitrogens with zero attached hydrogens (tertiary/aromatic N) is 3. The van der Waals surface area contributed by atoms with Crippen LogP contribution in [0.5, 0.6) is 0 Å². The van der Waals surface area contributed by atoms with Gasteiger partial charge in [-0.15, -0.1) is 24.8 Å². The van der Waals surface area contributed by atoms with Crippen LogP contribution in [0.4, 0.5) is 0 Å². The molecule has 6 heteroatoms. The number of benzene rings is 2. The molecule has 29 heavy (non-hydrogen) atoms. The number of nitrogens with two attached hydrogens (primary N) is 1. The van der Waals surface area contributed by atoms with E-state index >= 15 is 0 Å². The lowest BCUT2D eigenvalue weighted by atomic mass is 10.0. The van der Waals surface area contributed by atoms with Crippen molar-refractivity contribution in [3.63, 3.8) is 0 Å². The van der Waals surface area contributed by atoms with Gasteiger partial charge in [-0.1, -0.05) is 24.3 Å². The van der Waals surface area contributed by atoms with Gasteiger partial charge in [0.2, 0.25) is 0 Å². The van der Waals surface area contributed by atoms with Crippen LogP contribution in [0.25, 0.3) is 21.8 Å². The van der Waals surface area contributed by atoms with E-state index in [2.05, 4.69) is 70.9 Å². The van der Waals surface area contributed by atoms with Crippen molar-refractivity contribution in [1.82, 2.24) is 14.4 Å². The van der Waals surface area contributed by atoms with Gasteiger partial charge in [0, 0.05) is 47.5 Å². The number of aromatic nitrogens is 1. The first-order valence-corrected chi connectivity index (χ1v) is 10.2. The summed E-state index contributed by atoms with van der Waals surface area (Å²) >= 11 is 0. The van der Waals surface area contributed by atoms with Crippen LogP contribution in [0.3, 0.4) is 0 Å². The summed E-state index contributed by atoms with van der Waals surface area (Å²) in [4.78, 5) is 4.76. The van der Waals surface area contributed by atoms with Gasteiger partial charge in [-0.25, -0.2) is 0 Å². The number of aryl methyl sites for hydroxylation is 1. The molecule has 160 valence electrons. The summed E-state index contributed by atoms with van der Waals surface area (Å²) in [5.74, 6) is 0. The van der Waals surface area contributed by atoms with Gasteiger partial charge >= 0.3 is 0 Å². The van der Waals surface area contributed by atoms with Crippen LogP contribution < -0.4 is 5.73 Å². The van der Waals surface area contributed by atoms with Gasteiger partial charge < -0.3 is 15.2 Å². The molecule has 0 radical (unpaired) electrons. The van der Waals surface area contributed by atoms with Gasteiger partial charge in [0.25, 0.3) is 0 Å². The van der Waals surface area contributed by atoms with E-state index in [0.29, 0.717) is 6.04 Å². The van der Waals surface area contributed by atoms with Crippen LogP contribution in [0.15, 0.2) is 42.5 Å². The molecule has 4 rings (SSSR count). The van der Waals surface area contributed by atoms with E-state index in [1.54, 1.807) is 0 Å². The molecule has 2 N–H and O–H groups in total. The second kappa shape index (κ2) is 10.6. The average Bonchev–Trinajstić information content (AvgIpc) is 2.95. The molecule has 1 fully saturated rings. The van der Waals surface area contributed by atoms with Crippen LogP contribution in [0.2, 0.25) is 0 Å². The van der Waals surface area contributed by atoms with Crippen LogP contribution in [-0.2, 0) is 13.1 Å². The molecule has 4 nitrogen and oxygen atoms in total. The number of piperidine rings is 1. The van der Waals surface area contributed by atoms with Crippen molar-refractivity contribution in [2.45, 2.75) is 38.4 Å². The molecule has 1 aliphatic rings. The van der Waals surface area contributed by atoms with Crippen molar-refractivity contribution in [2.24, 2.45) is 5.73 Å². The number of rotatable bonds is 6. The predicted molar refractivity (Wildman–Crippen MR) is 130 cm³/mol. The summed E-state index contributed by atoms with van der Waals surface area (Å²) in [6, 6.07) is 16.2. The lowest BCUT2D eigenvalue weighted by Crippen LogP contribution is -2.42. The van der Waals surface area contributed by atoms with Gasteiger partial charge in [0.05, 0.1) is 0 Å². The summed E-state index contributed by atoms with van der Waals surface area (Å²) in [6.45, 7) is 5.36. The molecule has 1 saturated heterocycles. The van der Waals surface area contributed by atoms with E-state index in [4.69, 9.17) is 5.73 Å². The smallest absolute Gasteiger partial charge is 0.0491 e. The first kappa shape index (κ1) is 24.0. The maximum atomic E-state index is 6.17. The van der Waals surface area contributed by atoms with Crippen molar-refractivity contribution in [3.8, 4) is 0 Å². The van der Waals surface area contributed by atoms with Gasteiger partial charge in [-0.05, 0) is 70.2 Å². The van der Waals surface area contributed by atoms with Crippen molar-refractivity contribution in [3.05, 3.63) is 48.0 Å². The normalized spacial score (nSPS) is 17.4. The third kappa shape index (κ3) is 5.44. The molecular formula is C23H34Cl2N4. The lowest BCUT2D eigenvalue weighted by molar-refractivity contribution is 0.201. The van der Waals surface area contributed by atoms with Crippen molar-refractivity contribution >= 4 is 46.6 Å². The quantitative estimate of drug-likeness (QED) is 0.617. The van der Waals surface area contributed by atoms with Crippen molar-refractivity contribution < 1.29 is 0 Å². The van der Waals surface area contributed by atoms with Crippen LogP contribution >= 0.6 is 24.8 Å². The predicted octanol–water partition coefficient (Wildman–Crippen LogP) is 4.51. The molecule has 1 aliphatic heterocycles. The van der Waals surface area contributed by atoms with E-state index in [9.17, 15) is 0 Å². The third-order valence-electron chi connectivity index (χ3n) is 5.77. The highest BCUT2D eigenvalue weighted by Crippen LogP contribution is 2.30. The van der Waals surface area contributed by atoms with Gasteiger partial charge in [0.1, 0.15) is 0 Å². The number of hydrogen-bond donors (Lipinski definition) is 1. The standard InChI is InChI=1S/C23H32N4.2ClH/c1-25(2)12-6-14-27-22-9-4-3-8-20(22)21-15-18(10-11-23(21)27)16-26-13-5-7-19(24)17-26;;/h3-4,8-11,15,19H,5-7,12-14,16-17,24H2,1-2H3;2*1H. The second-order valence-corrected chi connectivity index (χ2v) is 8.31. The summed E-state index contributed by atoms with van der Waals surface area (Å²) in [5.41, 5.74) is 10.3. The van der Waals surface area contributed by atoms with E-state index in [1.165, 1.54) is 33.8 Å². The fourth-order valence-electron chi connectivity index (χ4n) is 4.48. The molecule has 0 amide bonds. The Morgan fingerprint density at radius 1 is 1.03 bits per heavy atom. The maximum absolute atomic E-state index is 6.17. The fraction of sp³-hybridized carbons (Fsp3) is 0.478. The number of halogens is 2. The van der Waals surface area contributed by atoms with Crippen molar-refractivity contribution in [1.29, 1.82) is 0 Å². The molecular weight excluding hydrogens is 403 g/mol. The Labute approximate surface area is 186 Å². The molecule has 1 unspecified atom stereocenters. The third-order valence-corrected chi connectivity index (χ3v) is 5.77. The van der Waals surface area contributed by atoms with E-state index in [1.807, 2.05) is 0 Å². The molecule has 0 bridgehead atoms. The highest BCUT2D eigenvalue weighted by molar-refractivity contribution is 6.08.